The number of aryl methyl sites for hydroxylation is 1. The lowest BCUT2D eigenvalue weighted by molar-refractivity contribution is -0.141. The predicted octanol–water partition coefficient (Wildman–Crippen LogP) is 0.715. The third-order valence-electron chi connectivity index (χ3n) is 2.09. The number of carbonyl (C=O) groups excluding carboxylic acids is 1. The van der Waals surface area contributed by atoms with Crippen LogP contribution in [0.1, 0.15) is 16.1 Å². The van der Waals surface area contributed by atoms with E-state index in [0.717, 1.165) is 0 Å². The monoisotopic (exact) mass is 251 g/mol. The van der Waals surface area contributed by atoms with E-state index in [9.17, 15) is 18.0 Å². The van der Waals surface area contributed by atoms with Crippen molar-refractivity contribution in [2.45, 2.75) is 13.1 Å². The van der Waals surface area contributed by atoms with Crippen molar-refractivity contribution in [3.63, 3.8) is 0 Å². The van der Waals surface area contributed by atoms with Gasteiger partial charge in [-0.1, -0.05) is 0 Å². The average molecular weight is 251 g/mol. The van der Waals surface area contributed by atoms with Crippen LogP contribution < -0.4 is 0 Å². The summed E-state index contributed by atoms with van der Waals surface area (Å²) in [7, 11) is 0. The van der Waals surface area contributed by atoms with Gasteiger partial charge in [-0.15, -0.1) is 0 Å². The van der Waals surface area contributed by atoms with Crippen LogP contribution in [-0.4, -0.2) is 52.0 Å². The second kappa shape index (κ2) is 5.17. The highest BCUT2D eigenvalue weighted by atomic mass is 19.4. The molecule has 5 nitrogen and oxygen atoms in total. The number of aliphatic hydroxyl groups excluding tert-OH is 1. The normalized spacial score (nSPS) is 11.6. The summed E-state index contributed by atoms with van der Waals surface area (Å²) in [6.07, 6.45) is -3.33. The zero-order chi connectivity index (χ0) is 13.1. The Bertz CT molecular complexity index is 389. The maximum atomic E-state index is 12.2. The van der Waals surface area contributed by atoms with Gasteiger partial charge in [-0.05, 0) is 6.92 Å². The fourth-order valence-electron chi connectivity index (χ4n) is 1.33. The first-order valence-electron chi connectivity index (χ1n) is 4.82. The molecule has 1 heterocycles. The largest absolute Gasteiger partial charge is 0.406 e. The Morgan fingerprint density at radius 1 is 1.59 bits per heavy atom. The second-order valence-electron chi connectivity index (χ2n) is 3.47. The maximum absolute atomic E-state index is 12.2. The number of aliphatic hydroxyl groups is 1. The van der Waals surface area contributed by atoms with E-state index in [1.807, 2.05) is 0 Å². The van der Waals surface area contributed by atoms with Gasteiger partial charge in [0, 0.05) is 12.2 Å². The fraction of sp³-hybridized carbons (Fsp3) is 0.556. The lowest BCUT2D eigenvalue weighted by atomic mass is 10.2. The Hall–Kier alpha value is -1.57. The van der Waals surface area contributed by atoms with E-state index < -0.39 is 25.2 Å². The van der Waals surface area contributed by atoms with Crippen molar-refractivity contribution in [2.75, 3.05) is 19.7 Å². The van der Waals surface area contributed by atoms with Crippen molar-refractivity contribution < 1.29 is 23.1 Å². The van der Waals surface area contributed by atoms with E-state index >= 15 is 0 Å². The van der Waals surface area contributed by atoms with Gasteiger partial charge >= 0.3 is 6.18 Å². The zero-order valence-corrected chi connectivity index (χ0v) is 9.08. The summed E-state index contributed by atoms with van der Waals surface area (Å²) in [6.45, 7) is -0.760. The van der Waals surface area contributed by atoms with Crippen LogP contribution >= 0.6 is 0 Å². The molecule has 0 saturated heterocycles. The highest BCUT2D eigenvalue weighted by Gasteiger charge is 2.33. The van der Waals surface area contributed by atoms with Crippen LogP contribution in [0.15, 0.2) is 6.20 Å². The van der Waals surface area contributed by atoms with Crippen molar-refractivity contribution in [1.82, 2.24) is 15.1 Å². The van der Waals surface area contributed by atoms with E-state index in [4.69, 9.17) is 5.11 Å². The second-order valence-corrected chi connectivity index (χ2v) is 3.47. The Morgan fingerprint density at radius 3 is 2.65 bits per heavy atom. The van der Waals surface area contributed by atoms with Crippen LogP contribution in [0.4, 0.5) is 13.2 Å². The minimum atomic E-state index is -4.50. The molecule has 0 aliphatic rings. The Morgan fingerprint density at radius 2 is 2.24 bits per heavy atom. The van der Waals surface area contributed by atoms with Gasteiger partial charge in [0.15, 0.2) is 0 Å². The molecule has 1 aromatic rings. The molecule has 0 saturated carbocycles. The molecule has 17 heavy (non-hydrogen) atoms. The predicted molar refractivity (Wildman–Crippen MR) is 52.4 cm³/mol. The molecule has 8 heteroatoms. The first-order chi connectivity index (χ1) is 7.85. The third kappa shape index (κ3) is 3.74. The SMILES string of the molecule is Cc1[nH]ncc1C(=O)N(CCO)CC(F)(F)F. The molecule has 96 valence electrons. The molecule has 0 radical (unpaired) electrons. The molecule has 2 N–H and O–H groups in total. The van der Waals surface area contributed by atoms with Gasteiger partial charge in [0.05, 0.1) is 18.4 Å². The van der Waals surface area contributed by atoms with Gasteiger partial charge in [0.1, 0.15) is 6.54 Å². The summed E-state index contributed by atoms with van der Waals surface area (Å²) in [5.74, 6) is -0.803. The number of halogens is 3. The van der Waals surface area contributed by atoms with E-state index in [2.05, 4.69) is 10.2 Å². The molecule has 0 unspecified atom stereocenters. The third-order valence-corrected chi connectivity index (χ3v) is 2.09. The number of rotatable bonds is 4. The number of aromatic amines is 1. The minimum Gasteiger partial charge on any atom is -0.395 e. The number of nitrogens with zero attached hydrogens (tertiary/aromatic N) is 2. The highest BCUT2D eigenvalue weighted by molar-refractivity contribution is 5.95. The molecule has 0 atom stereocenters. The summed E-state index contributed by atoms with van der Waals surface area (Å²) >= 11 is 0. The number of nitrogens with one attached hydrogen (secondary N) is 1. The smallest absolute Gasteiger partial charge is 0.395 e. The molecule has 0 bridgehead atoms. The first-order valence-corrected chi connectivity index (χ1v) is 4.82. The molecular weight excluding hydrogens is 239 g/mol. The number of H-pyrrole nitrogens is 1. The molecule has 1 rings (SSSR count). The standard InChI is InChI=1S/C9H12F3N3O2/c1-6-7(4-13-14-6)8(17)15(2-3-16)5-9(10,11)12/h4,16H,2-3,5H2,1H3,(H,13,14). The molecule has 0 aliphatic carbocycles. The summed E-state index contributed by atoms with van der Waals surface area (Å²) in [5, 5.41) is 14.7. The van der Waals surface area contributed by atoms with Crippen LogP contribution in [0.25, 0.3) is 0 Å². The number of alkyl halides is 3. The topological polar surface area (TPSA) is 69.2 Å². The van der Waals surface area contributed by atoms with Gasteiger partial charge in [-0.2, -0.15) is 18.3 Å². The minimum absolute atomic E-state index is 0.0719. The maximum Gasteiger partial charge on any atom is 0.406 e. The Labute approximate surface area is 95.2 Å². The van der Waals surface area contributed by atoms with Crippen molar-refractivity contribution in [3.8, 4) is 0 Å². The molecule has 0 aliphatic heterocycles. The molecule has 0 fully saturated rings. The molecule has 1 amide bonds. The molecule has 0 aromatic carbocycles. The number of aromatic nitrogens is 2. The summed E-state index contributed by atoms with van der Waals surface area (Å²) < 4.78 is 36.7. The average Bonchev–Trinajstić information content (AvgIpc) is 2.61. The Balaban J connectivity index is 2.84. The summed E-state index contributed by atoms with van der Waals surface area (Å²) in [5.41, 5.74) is 0.461. The lowest BCUT2D eigenvalue weighted by Crippen LogP contribution is -2.40. The molecule has 0 spiro atoms. The van der Waals surface area contributed by atoms with Crippen LogP contribution in [0.5, 0.6) is 0 Å². The van der Waals surface area contributed by atoms with E-state index in [0.29, 0.717) is 10.6 Å². The van der Waals surface area contributed by atoms with E-state index in [1.165, 1.54) is 13.1 Å². The van der Waals surface area contributed by atoms with Crippen LogP contribution in [0, 0.1) is 6.92 Å². The van der Waals surface area contributed by atoms with Gasteiger partial charge in [0.25, 0.3) is 5.91 Å². The first kappa shape index (κ1) is 13.5. The zero-order valence-electron chi connectivity index (χ0n) is 9.08. The van der Waals surface area contributed by atoms with Crippen molar-refractivity contribution in [3.05, 3.63) is 17.5 Å². The van der Waals surface area contributed by atoms with Crippen molar-refractivity contribution in [2.24, 2.45) is 0 Å². The van der Waals surface area contributed by atoms with Crippen LogP contribution in [-0.2, 0) is 0 Å². The number of hydrogen-bond acceptors (Lipinski definition) is 3. The molecule has 1 aromatic heterocycles. The number of carbonyl (C=O) groups is 1. The quantitative estimate of drug-likeness (QED) is 0.828. The lowest BCUT2D eigenvalue weighted by Gasteiger charge is -2.22. The van der Waals surface area contributed by atoms with Crippen molar-refractivity contribution in [1.29, 1.82) is 0 Å². The number of hydrogen-bond donors (Lipinski definition) is 2. The van der Waals surface area contributed by atoms with Crippen LogP contribution in [0.3, 0.4) is 0 Å². The number of amides is 1. The highest BCUT2D eigenvalue weighted by Crippen LogP contribution is 2.18. The molecular formula is C9H12F3N3O2. The van der Waals surface area contributed by atoms with Crippen molar-refractivity contribution >= 4 is 5.91 Å². The van der Waals surface area contributed by atoms with Gasteiger partial charge in [-0.25, -0.2) is 0 Å². The van der Waals surface area contributed by atoms with Gasteiger partial charge < -0.3 is 10.0 Å². The fourth-order valence-corrected chi connectivity index (χ4v) is 1.33. The van der Waals surface area contributed by atoms with E-state index in [1.54, 1.807) is 0 Å². The van der Waals surface area contributed by atoms with Gasteiger partial charge in [0.2, 0.25) is 0 Å². The van der Waals surface area contributed by atoms with E-state index in [-0.39, 0.29) is 12.1 Å². The van der Waals surface area contributed by atoms with Crippen LogP contribution in [0.2, 0.25) is 0 Å². The summed E-state index contributed by atoms with van der Waals surface area (Å²) in [6, 6.07) is 0. The summed E-state index contributed by atoms with van der Waals surface area (Å²) in [4.78, 5) is 12.3. The van der Waals surface area contributed by atoms with Gasteiger partial charge in [-0.3, -0.25) is 9.89 Å². The Kier molecular flexibility index (Phi) is 4.11.